The Labute approximate surface area is 192 Å². The second-order valence-corrected chi connectivity index (χ2v) is 9.25. The summed E-state index contributed by atoms with van der Waals surface area (Å²) < 4.78 is 0. The molecule has 0 atom stereocenters. The van der Waals surface area contributed by atoms with Gasteiger partial charge in [-0.3, -0.25) is 4.79 Å². The first kappa shape index (κ1) is 22.2. The fourth-order valence-electron chi connectivity index (χ4n) is 4.03. The van der Waals surface area contributed by atoms with Gasteiger partial charge in [-0.2, -0.15) is 0 Å². The normalized spacial score (nSPS) is 16.1. The standard InChI is InChI=1S/C17H17N5S.C6H12N2O/c18-8-10-7-11(5-6-13(10)19)22-16-15-12-3-1-2-4-14(12)23-17(15)21-9-20-16;1-7-2-4-8(6-9)5-3-7/h5-9,18H,1-4,19H2,(H,20,21,22);6H,2-5H2,1H3. The Morgan fingerprint density at radius 3 is 2.69 bits per heavy atom. The van der Waals surface area contributed by atoms with Crippen molar-refractivity contribution in [2.24, 2.45) is 0 Å². The molecule has 1 saturated heterocycles. The van der Waals surface area contributed by atoms with Crippen molar-refractivity contribution < 1.29 is 4.79 Å². The number of nitrogen functional groups attached to an aromatic ring is 1. The number of carbonyl (C=O) groups excluding carboxylic acids is 1. The predicted octanol–water partition coefficient (Wildman–Crippen LogP) is 3.28. The summed E-state index contributed by atoms with van der Waals surface area (Å²) in [6, 6.07) is 5.59. The van der Waals surface area contributed by atoms with Crippen LogP contribution in [0.2, 0.25) is 0 Å². The minimum atomic E-state index is 0.603. The van der Waals surface area contributed by atoms with Crippen molar-refractivity contribution in [3.05, 3.63) is 40.5 Å². The lowest BCUT2D eigenvalue weighted by molar-refractivity contribution is -0.119. The first-order chi connectivity index (χ1) is 15.6. The molecular formula is C23H29N7OS. The van der Waals surface area contributed by atoms with Crippen molar-refractivity contribution in [1.29, 1.82) is 5.41 Å². The van der Waals surface area contributed by atoms with Crippen LogP contribution in [0, 0.1) is 5.41 Å². The topological polar surface area (TPSA) is 111 Å². The van der Waals surface area contributed by atoms with Crippen LogP contribution in [0.25, 0.3) is 10.2 Å². The molecule has 32 heavy (non-hydrogen) atoms. The fraction of sp³-hybridized carbons (Fsp3) is 0.391. The van der Waals surface area contributed by atoms with E-state index in [1.165, 1.54) is 29.5 Å². The fourth-order valence-corrected chi connectivity index (χ4v) is 5.26. The quantitative estimate of drug-likeness (QED) is 0.319. The maximum Gasteiger partial charge on any atom is 0.209 e. The van der Waals surface area contributed by atoms with Crippen LogP contribution in [0.15, 0.2) is 24.5 Å². The van der Waals surface area contributed by atoms with Gasteiger partial charge in [0, 0.05) is 54.2 Å². The number of nitrogens with zero attached hydrogens (tertiary/aromatic N) is 4. The first-order valence-corrected chi connectivity index (χ1v) is 11.7. The van der Waals surface area contributed by atoms with Gasteiger partial charge in [0.2, 0.25) is 6.41 Å². The third-order valence-electron chi connectivity index (χ3n) is 5.94. The lowest BCUT2D eigenvalue weighted by Gasteiger charge is -2.29. The van der Waals surface area contributed by atoms with E-state index in [-0.39, 0.29) is 0 Å². The van der Waals surface area contributed by atoms with Gasteiger partial charge in [-0.25, -0.2) is 9.97 Å². The Morgan fingerprint density at radius 1 is 1.16 bits per heavy atom. The number of rotatable bonds is 4. The number of aryl methyl sites for hydroxylation is 2. The van der Waals surface area contributed by atoms with E-state index in [9.17, 15) is 4.79 Å². The summed E-state index contributed by atoms with van der Waals surface area (Å²) in [5.74, 6) is 0.843. The van der Waals surface area contributed by atoms with Crippen molar-refractivity contribution in [3.8, 4) is 0 Å². The van der Waals surface area contributed by atoms with Crippen LogP contribution in [-0.2, 0) is 17.6 Å². The number of likely N-dealkylation sites (N-methyl/N-ethyl adjacent to an activating group) is 1. The predicted molar refractivity (Wildman–Crippen MR) is 131 cm³/mol. The van der Waals surface area contributed by atoms with Crippen molar-refractivity contribution in [2.75, 3.05) is 44.3 Å². The minimum absolute atomic E-state index is 0.603. The maximum absolute atomic E-state index is 10.2. The number of amides is 1. The lowest BCUT2D eigenvalue weighted by Crippen LogP contribution is -2.43. The second kappa shape index (κ2) is 10.1. The Balaban J connectivity index is 0.000000230. The minimum Gasteiger partial charge on any atom is -0.398 e. The molecule has 2 aromatic heterocycles. The average molecular weight is 452 g/mol. The number of benzene rings is 1. The Hall–Kier alpha value is -3.04. The summed E-state index contributed by atoms with van der Waals surface area (Å²) in [7, 11) is 2.07. The van der Waals surface area contributed by atoms with E-state index in [1.54, 1.807) is 22.6 Å². The van der Waals surface area contributed by atoms with Crippen LogP contribution in [0.4, 0.5) is 17.2 Å². The number of anilines is 3. The highest BCUT2D eigenvalue weighted by atomic mass is 32.1. The molecule has 0 spiro atoms. The van der Waals surface area contributed by atoms with E-state index >= 15 is 0 Å². The molecule has 3 heterocycles. The Bertz CT molecular complexity index is 1110. The third-order valence-corrected chi connectivity index (χ3v) is 7.14. The van der Waals surface area contributed by atoms with Crippen molar-refractivity contribution >= 4 is 51.4 Å². The van der Waals surface area contributed by atoms with Gasteiger partial charge in [-0.15, -0.1) is 11.3 Å². The molecule has 1 aromatic carbocycles. The second-order valence-electron chi connectivity index (χ2n) is 8.17. The Kier molecular flexibility index (Phi) is 6.96. The zero-order valence-corrected chi connectivity index (χ0v) is 19.1. The molecule has 0 saturated carbocycles. The van der Waals surface area contributed by atoms with E-state index in [0.29, 0.717) is 11.3 Å². The average Bonchev–Trinajstić information content (AvgIpc) is 3.21. The molecule has 1 amide bonds. The molecule has 4 N–H and O–H groups in total. The zero-order chi connectivity index (χ0) is 22.5. The van der Waals surface area contributed by atoms with Crippen molar-refractivity contribution in [3.63, 3.8) is 0 Å². The number of fused-ring (bicyclic) bond motifs is 3. The zero-order valence-electron chi connectivity index (χ0n) is 18.3. The molecule has 3 aromatic rings. The van der Waals surface area contributed by atoms with Crippen molar-refractivity contribution in [2.45, 2.75) is 25.7 Å². The molecule has 8 nitrogen and oxygen atoms in total. The van der Waals surface area contributed by atoms with Crippen LogP contribution in [0.3, 0.4) is 0 Å². The summed E-state index contributed by atoms with van der Waals surface area (Å²) in [4.78, 5) is 25.6. The SMILES string of the molecule is CN1CCN(C=O)CC1.N=Cc1cc(Nc2ncnc3sc4c(c23)CCCC4)ccc1N. The van der Waals surface area contributed by atoms with Gasteiger partial charge >= 0.3 is 0 Å². The van der Waals surface area contributed by atoms with Crippen LogP contribution in [-0.4, -0.2) is 65.6 Å². The summed E-state index contributed by atoms with van der Waals surface area (Å²) >= 11 is 1.79. The van der Waals surface area contributed by atoms with Gasteiger partial charge in [-0.05, 0) is 56.5 Å². The smallest absolute Gasteiger partial charge is 0.209 e. The number of hydrogen-bond acceptors (Lipinski definition) is 8. The number of piperazine rings is 1. The summed E-state index contributed by atoms with van der Waals surface area (Å²) in [6.45, 7) is 3.80. The first-order valence-electron chi connectivity index (χ1n) is 10.9. The van der Waals surface area contributed by atoms with Crippen LogP contribution < -0.4 is 11.1 Å². The van der Waals surface area contributed by atoms with E-state index in [4.69, 9.17) is 11.1 Å². The van der Waals surface area contributed by atoms with Gasteiger partial charge in [0.1, 0.15) is 17.0 Å². The van der Waals surface area contributed by atoms with Gasteiger partial charge < -0.3 is 26.3 Å². The highest BCUT2D eigenvalue weighted by Gasteiger charge is 2.20. The molecule has 0 unspecified atom stereocenters. The number of carbonyl (C=O) groups is 1. The maximum atomic E-state index is 10.2. The Morgan fingerprint density at radius 2 is 1.94 bits per heavy atom. The highest BCUT2D eigenvalue weighted by molar-refractivity contribution is 7.19. The van der Waals surface area contributed by atoms with Gasteiger partial charge in [0.25, 0.3) is 0 Å². The number of nitrogens with one attached hydrogen (secondary N) is 2. The monoisotopic (exact) mass is 451 g/mol. The molecule has 1 aliphatic heterocycles. The molecule has 0 bridgehead atoms. The molecule has 5 rings (SSSR count). The lowest BCUT2D eigenvalue weighted by atomic mass is 9.97. The molecule has 1 aliphatic carbocycles. The van der Waals surface area contributed by atoms with E-state index in [1.807, 2.05) is 18.2 Å². The van der Waals surface area contributed by atoms with E-state index in [0.717, 1.165) is 67.2 Å². The van der Waals surface area contributed by atoms with Crippen molar-refractivity contribution in [1.82, 2.24) is 19.8 Å². The van der Waals surface area contributed by atoms with E-state index < -0.39 is 0 Å². The number of hydrogen-bond donors (Lipinski definition) is 3. The summed E-state index contributed by atoms with van der Waals surface area (Å²) in [6.07, 6.45) is 8.54. The van der Waals surface area contributed by atoms with Gasteiger partial charge in [0.15, 0.2) is 0 Å². The molecular weight excluding hydrogens is 422 g/mol. The summed E-state index contributed by atoms with van der Waals surface area (Å²) in [5, 5.41) is 12.0. The summed E-state index contributed by atoms with van der Waals surface area (Å²) in [5.41, 5.74) is 9.45. The molecule has 2 aliphatic rings. The molecule has 0 radical (unpaired) electrons. The van der Waals surface area contributed by atoms with Crippen LogP contribution in [0.5, 0.6) is 0 Å². The van der Waals surface area contributed by atoms with Gasteiger partial charge in [-0.1, -0.05) is 0 Å². The molecule has 1 fully saturated rings. The van der Waals surface area contributed by atoms with Gasteiger partial charge in [0.05, 0.1) is 5.39 Å². The number of aromatic nitrogens is 2. The molecule has 9 heteroatoms. The number of nitrogens with two attached hydrogens (primary N) is 1. The number of thiophene rings is 1. The van der Waals surface area contributed by atoms with Crippen LogP contribution in [0.1, 0.15) is 28.8 Å². The van der Waals surface area contributed by atoms with E-state index in [2.05, 4.69) is 27.2 Å². The largest absolute Gasteiger partial charge is 0.398 e. The highest BCUT2D eigenvalue weighted by Crippen LogP contribution is 2.38. The third kappa shape index (κ3) is 4.89. The van der Waals surface area contributed by atoms with Crippen LogP contribution >= 0.6 is 11.3 Å². The molecule has 168 valence electrons.